The molecule has 0 radical (unpaired) electrons. The fraction of sp³-hybridized carbons (Fsp3) is 0.636. The van der Waals surface area contributed by atoms with Crippen LogP contribution in [0.4, 0.5) is 0 Å². The molecule has 1 fully saturated rings. The molecule has 1 aromatic rings. The highest BCUT2D eigenvalue weighted by molar-refractivity contribution is 9.10. The van der Waals surface area contributed by atoms with Gasteiger partial charge in [-0.2, -0.15) is 0 Å². The molecule has 17 heavy (non-hydrogen) atoms. The van der Waals surface area contributed by atoms with Crippen LogP contribution in [0.5, 0.6) is 0 Å². The van der Waals surface area contributed by atoms with Crippen molar-refractivity contribution in [2.45, 2.75) is 6.04 Å². The minimum absolute atomic E-state index is 0.216. The number of nitrogens with zero attached hydrogens (tertiary/aromatic N) is 2. The molecule has 2 rings (SSSR count). The van der Waals surface area contributed by atoms with Crippen LogP contribution in [0.15, 0.2) is 15.9 Å². The van der Waals surface area contributed by atoms with Crippen LogP contribution in [0.2, 0.25) is 0 Å². The van der Waals surface area contributed by atoms with Crippen LogP contribution in [0.25, 0.3) is 0 Å². The first-order chi connectivity index (χ1) is 8.20. The molecule has 6 heteroatoms. The van der Waals surface area contributed by atoms with Crippen molar-refractivity contribution in [1.82, 2.24) is 15.3 Å². The van der Waals surface area contributed by atoms with E-state index in [1.165, 1.54) is 4.88 Å². The Kier molecular flexibility index (Phi) is 4.96. The van der Waals surface area contributed by atoms with Gasteiger partial charge in [-0.1, -0.05) is 0 Å². The Hall–Kier alpha value is 0.0200. The van der Waals surface area contributed by atoms with Gasteiger partial charge in [0, 0.05) is 42.1 Å². The number of halogens is 1. The van der Waals surface area contributed by atoms with Crippen LogP contribution in [0, 0.1) is 0 Å². The Morgan fingerprint density at radius 2 is 2.18 bits per heavy atom. The number of hydrogen-bond acceptors (Lipinski definition) is 5. The second-order valence-corrected chi connectivity index (χ2v) is 6.14. The van der Waals surface area contributed by atoms with Crippen molar-refractivity contribution in [3.8, 4) is 0 Å². The maximum absolute atomic E-state index is 5.86. The number of rotatable bonds is 4. The van der Waals surface area contributed by atoms with Crippen LogP contribution in [-0.4, -0.2) is 49.7 Å². The topological polar surface area (TPSA) is 44.5 Å². The first kappa shape index (κ1) is 13.5. The molecule has 0 spiro atoms. The molecule has 96 valence electrons. The van der Waals surface area contributed by atoms with E-state index in [0.29, 0.717) is 6.54 Å². The Balaban J connectivity index is 1.94. The van der Waals surface area contributed by atoms with Crippen molar-refractivity contribution in [3.63, 3.8) is 0 Å². The van der Waals surface area contributed by atoms with Gasteiger partial charge in [0.25, 0.3) is 0 Å². The number of piperazine rings is 1. The number of nitrogens with one attached hydrogen (secondary N) is 1. The number of nitrogens with two attached hydrogens (primary N) is 1. The first-order valence-corrected chi connectivity index (χ1v) is 7.50. The molecule has 1 aliphatic heterocycles. The third kappa shape index (κ3) is 3.49. The van der Waals surface area contributed by atoms with Crippen molar-refractivity contribution in [2.24, 2.45) is 5.73 Å². The van der Waals surface area contributed by atoms with Crippen LogP contribution in [-0.2, 0) is 0 Å². The molecule has 0 amide bonds. The molecular weight excluding hydrogens is 300 g/mol. The number of hydrazine groups is 1. The smallest absolute Gasteiger partial charge is 0.0691 e. The summed E-state index contributed by atoms with van der Waals surface area (Å²) in [6.07, 6.45) is 0. The zero-order valence-corrected chi connectivity index (χ0v) is 12.4. The summed E-state index contributed by atoms with van der Waals surface area (Å²) in [6, 6.07) is 2.29. The predicted molar refractivity (Wildman–Crippen MR) is 76.0 cm³/mol. The molecule has 1 aliphatic rings. The predicted octanol–water partition coefficient (Wildman–Crippen LogP) is 1.26. The van der Waals surface area contributed by atoms with Crippen molar-refractivity contribution in [1.29, 1.82) is 0 Å². The van der Waals surface area contributed by atoms with Gasteiger partial charge in [0.2, 0.25) is 0 Å². The SMILES string of the molecule is CN1CCN(NC(CN)c2sccc2Br)CC1. The van der Waals surface area contributed by atoms with Crippen molar-refractivity contribution < 1.29 is 0 Å². The van der Waals surface area contributed by atoms with Crippen LogP contribution >= 0.6 is 27.3 Å². The van der Waals surface area contributed by atoms with E-state index in [4.69, 9.17) is 5.73 Å². The summed E-state index contributed by atoms with van der Waals surface area (Å²) >= 11 is 5.32. The first-order valence-electron chi connectivity index (χ1n) is 5.83. The van der Waals surface area contributed by atoms with E-state index in [9.17, 15) is 0 Å². The quantitative estimate of drug-likeness (QED) is 0.877. The minimum atomic E-state index is 0.216. The van der Waals surface area contributed by atoms with Gasteiger partial charge < -0.3 is 10.6 Å². The van der Waals surface area contributed by atoms with Crippen molar-refractivity contribution >= 4 is 27.3 Å². The molecule has 4 nitrogen and oxygen atoms in total. The lowest BCUT2D eigenvalue weighted by molar-refractivity contribution is 0.0885. The zero-order valence-electron chi connectivity index (χ0n) is 10.0. The van der Waals surface area contributed by atoms with E-state index < -0.39 is 0 Å². The van der Waals surface area contributed by atoms with Gasteiger partial charge in [-0.05, 0) is 34.4 Å². The lowest BCUT2D eigenvalue weighted by Crippen LogP contribution is -2.52. The Labute approximate surface area is 115 Å². The fourth-order valence-corrected chi connectivity index (χ4v) is 3.64. The largest absolute Gasteiger partial charge is 0.329 e. The van der Waals surface area contributed by atoms with Gasteiger partial charge in [-0.25, -0.2) is 10.4 Å². The highest BCUT2D eigenvalue weighted by Gasteiger charge is 2.20. The average molecular weight is 319 g/mol. The van der Waals surface area contributed by atoms with Crippen molar-refractivity contribution in [2.75, 3.05) is 39.8 Å². The molecule has 0 saturated carbocycles. The summed E-state index contributed by atoms with van der Waals surface area (Å²) in [7, 11) is 2.16. The summed E-state index contributed by atoms with van der Waals surface area (Å²) in [4.78, 5) is 3.63. The number of thiophene rings is 1. The van der Waals surface area contributed by atoms with Crippen LogP contribution < -0.4 is 11.2 Å². The van der Waals surface area contributed by atoms with Gasteiger partial charge in [-0.3, -0.25) is 0 Å². The molecule has 1 unspecified atom stereocenters. The summed E-state index contributed by atoms with van der Waals surface area (Å²) in [5.74, 6) is 0. The third-order valence-electron chi connectivity index (χ3n) is 3.04. The van der Waals surface area contributed by atoms with E-state index in [2.05, 4.69) is 49.8 Å². The Morgan fingerprint density at radius 1 is 1.47 bits per heavy atom. The Morgan fingerprint density at radius 3 is 2.71 bits per heavy atom. The minimum Gasteiger partial charge on any atom is -0.329 e. The summed E-state index contributed by atoms with van der Waals surface area (Å²) < 4.78 is 1.15. The van der Waals surface area contributed by atoms with E-state index in [1.54, 1.807) is 11.3 Å². The van der Waals surface area contributed by atoms with Gasteiger partial charge in [0.05, 0.1) is 6.04 Å². The molecular formula is C11H19BrN4S. The molecule has 1 saturated heterocycles. The maximum Gasteiger partial charge on any atom is 0.0691 e. The molecule has 3 N–H and O–H groups in total. The fourth-order valence-electron chi connectivity index (χ4n) is 1.93. The summed E-state index contributed by atoms with van der Waals surface area (Å²) in [5.41, 5.74) is 9.40. The monoisotopic (exact) mass is 318 g/mol. The second kappa shape index (κ2) is 6.26. The summed E-state index contributed by atoms with van der Waals surface area (Å²) in [5, 5.41) is 4.37. The van der Waals surface area contributed by atoms with Crippen LogP contribution in [0.1, 0.15) is 10.9 Å². The van der Waals surface area contributed by atoms with Crippen LogP contribution in [0.3, 0.4) is 0 Å². The third-order valence-corrected chi connectivity index (χ3v) is 5.02. The molecule has 0 aromatic carbocycles. The van der Waals surface area contributed by atoms with E-state index in [1.807, 2.05) is 0 Å². The lowest BCUT2D eigenvalue weighted by atomic mass is 10.2. The molecule has 1 atom stereocenters. The second-order valence-electron chi connectivity index (χ2n) is 4.34. The maximum atomic E-state index is 5.86. The lowest BCUT2D eigenvalue weighted by Gasteiger charge is -2.35. The zero-order chi connectivity index (χ0) is 12.3. The normalized spacial score (nSPS) is 20.6. The Bertz CT molecular complexity index is 349. The van der Waals surface area contributed by atoms with Gasteiger partial charge in [-0.15, -0.1) is 11.3 Å². The number of hydrogen-bond donors (Lipinski definition) is 2. The van der Waals surface area contributed by atoms with Gasteiger partial charge >= 0.3 is 0 Å². The van der Waals surface area contributed by atoms with Gasteiger partial charge in [0.1, 0.15) is 0 Å². The highest BCUT2D eigenvalue weighted by Crippen LogP contribution is 2.28. The molecule has 0 aliphatic carbocycles. The number of likely N-dealkylation sites (N-methyl/N-ethyl adjacent to an activating group) is 1. The molecule has 1 aromatic heterocycles. The molecule has 0 bridgehead atoms. The van der Waals surface area contributed by atoms with Crippen molar-refractivity contribution in [3.05, 3.63) is 20.8 Å². The molecule has 2 heterocycles. The van der Waals surface area contributed by atoms with E-state index in [0.717, 1.165) is 30.7 Å². The van der Waals surface area contributed by atoms with E-state index in [-0.39, 0.29) is 6.04 Å². The summed E-state index contributed by atoms with van der Waals surface area (Å²) in [6.45, 7) is 4.93. The van der Waals surface area contributed by atoms with Gasteiger partial charge in [0.15, 0.2) is 0 Å². The standard InChI is InChI=1S/C11H19BrN4S/c1-15-3-5-16(6-4-15)14-10(8-13)11-9(12)2-7-17-11/h2,7,10,14H,3-6,8,13H2,1H3. The van der Waals surface area contributed by atoms with E-state index >= 15 is 0 Å². The average Bonchev–Trinajstić information content (AvgIpc) is 2.75. The highest BCUT2D eigenvalue weighted by atomic mass is 79.9.